The molecule has 2 heterocycles. The average molecular weight is 736 g/mol. The van der Waals surface area contributed by atoms with Crippen LogP contribution in [0.3, 0.4) is 0 Å². The molecule has 2 atom stereocenters. The Hall–Kier alpha value is -4.79. The number of nitrogens with two attached hydrogens (primary N) is 1. The fraction of sp³-hybridized carbons (Fsp3) is 0.270. The van der Waals surface area contributed by atoms with Gasteiger partial charge in [0, 0.05) is 34.0 Å². The van der Waals surface area contributed by atoms with Crippen LogP contribution in [0.5, 0.6) is 0 Å². The molecule has 0 spiro atoms. The van der Waals surface area contributed by atoms with Crippen LogP contribution in [0.25, 0.3) is 22.3 Å². The lowest BCUT2D eigenvalue weighted by Gasteiger charge is -2.15. The fourth-order valence-corrected chi connectivity index (χ4v) is 6.29. The number of carbonyl (C=O) groups excluding carboxylic acids is 3. The maximum atomic E-state index is 14.7. The molecule has 4 N–H and O–H groups in total. The van der Waals surface area contributed by atoms with Crippen LogP contribution >= 0.6 is 23.5 Å². The van der Waals surface area contributed by atoms with Crippen LogP contribution in [0.2, 0.25) is 0 Å². The number of halogens is 2. The molecule has 51 heavy (non-hydrogen) atoms. The van der Waals surface area contributed by atoms with E-state index in [4.69, 9.17) is 15.2 Å². The van der Waals surface area contributed by atoms with Gasteiger partial charge in [-0.3, -0.25) is 9.80 Å². The molecule has 2 aliphatic heterocycles. The van der Waals surface area contributed by atoms with Gasteiger partial charge in [-0.2, -0.15) is 0 Å². The van der Waals surface area contributed by atoms with Gasteiger partial charge in [0.15, 0.2) is 0 Å². The lowest BCUT2D eigenvalue weighted by molar-refractivity contribution is 0.140. The van der Waals surface area contributed by atoms with Gasteiger partial charge in [-0.15, -0.1) is 23.5 Å². The molecule has 0 unspecified atom stereocenters. The summed E-state index contributed by atoms with van der Waals surface area (Å²) in [5.41, 5.74) is 8.96. The number of rotatable bonds is 10. The molecule has 0 saturated carbocycles. The summed E-state index contributed by atoms with van der Waals surface area (Å²) >= 11 is 3.26. The summed E-state index contributed by atoms with van der Waals surface area (Å²) < 4.78 is 39.5. The van der Waals surface area contributed by atoms with Gasteiger partial charge >= 0.3 is 18.2 Å². The quantitative estimate of drug-likeness (QED) is 0.144. The van der Waals surface area contributed by atoms with E-state index in [1.54, 1.807) is 47.8 Å². The summed E-state index contributed by atoms with van der Waals surface area (Å²) in [5, 5.41) is 5.24. The lowest BCUT2D eigenvalue weighted by atomic mass is 10.0. The number of thioether (sulfide) groups is 2. The average Bonchev–Trinajstić information content (AvgIpc) is 3.72. The number of carbonyl (C=O) groups is 3. The third kappa shape index (κ3) is 9.31. The Morgan fingerprint density at radius 3 is 1.59 bits per heavy atom. The van der Waals surface area contributed by atoms with Crippen LogP contribution in [0.1, 0.15) is 6.92 Å². The first kappa shape index (κ1) is 37.5. The maximum Gasteiger partial charge on any atom is 0.414 e. The molecule has 0 aromatic heterocycles. The van der Waals surface area contributed by atoms with Crippen molar-refractivity contribution in [2.24, 2.45) is 5.73 Å². The van der Waals surface area contributed by atoms with Crippen LogP contribution < -0.4 is 26.2 Å². The Kier molecular flexibility index (Phi) is 12.8. The molecule has 268 valence electrons. The number of benzene rings is 4. The number of ether oxygens (including phenoxy) is 2. The van der Waals surface area contributed by atoms with Gasteiger partial charge in [0.1, 0.15) is 23.8 Å². The summed E-state index contributed by atoms with van der Waals surface area (Å²) in [6, 6.07) is 24.4. The maximum absolute atomic E-state index is 14.7. The van der Waals surface area contributed by atoms with Gasteiger partial charge in [0.25, 0.3) is 0 Å². The van der Waals surface area contributed by atoms with Gasteiger partial charge in [-0.1, -0.05) is 24.3 Å². The van der Waals surface area contributed by atoms with E-state index >= 15 is 0 Å². The van der Waals surface area contributed by atoms with Gasteiger partial charge in [-0.25, -0.2) is 23.2 Å². The summed E-state index contributed by atoms with van der Waals surface area (Å²) in [6.07, 6.45) is 2.10. The summed E-state index contributed by atoms with van der Waals surface area (Å²) in [7, 11) is 0. The van der Waals surface area contributed by atoms with E-state index in [-0.39, 0.29) is 37.6 Å². The number of urea groups is 1. The smallest absolute Gasteiger partial charge is 0.414 e. The number of nitrogens with zero attached hydrogens (tertiary/aromatic N) is 2. The molecule has 6 rings (SSSR count). The van der Waals surface area contributed by atoms with Crippen LogP contribution in [0, 0.1) is 11.6 Å². The Labute approximate surface area is 304 Å². The SMILES string of the molecule is CCNC(=O)NC[C@H]1CN(c2ccc(-c3ccc(SC)cc3)c(F)c2)C(=O)O1.CSc1ccc(-c2ccc(N3C[C@H](CN)OC3=O)cc2F)cc1. The minimum atomic E-state index is -0.556. The lowest BCUT2D eigenvalue weighted by Crippen LogP contribution is -2.40. The van der Waals surface area contributed by atoms with Crippen molar-refractivity contribution in [2.75, 3.05) is 55.0 Å². The predicted molar refractivity (Wildman–Crippen MR) is 199 cm³/mol. The van der Waals surface area contributed by atoms with Crippen LogP contribution in [0.15, 0.2) is 94.7 Å². The van der Waals surface area contributed by atoms with Crippen LogP contribution in [-0.2, 0) is 9.47 Å². The van der Waals surface area contributed by atoms with Crippen molar-refractivity contribution >= 4 is 53.1 Å². The zero-order chi connectivity index (χ0) is 36.5. The Morgan fingerprint density at radius 2 is 1.20 bits per heavy atom. The Balaban J connectivity index is 0.000000201. The molecule has 0 radical (unpaired) electrons. The second-order valence-electron chi connectivity index (χ2n) is 11.5. The van der Waals surface area contributed by atoms with Crippen molar-refractivity contribution in [3.8, 4) is 22.3 Å². The van der Waals surface area contributed by atoms with Gasteiger partial charge in [0.2, 0.25) is 0 Å². The highest BCUT2D eigenvalue weighted by atomic mass is 32.2. The van der Waals surface area contributed by atoms with E-state index in [2.05, 4.69) is 10.6 Å². The topological polar surface area (TPSA) is 126 Å². The van der Waals surface area contributed by atoms with E-state index in [9.17, 15) is 23.2 Å². The van der Waals surface area contributed by atoms with E-state index in [1.807, 2.05) is 68.0 Å². The minimum Gasteiger partial charge on any atom is -0.443 e. The van der Waals surface area contributed by atoms with E-state index in [0.29, 0.717) is 35.6 Å². The molecule has 4 aromatic rings. The molecule has 2 saturated heterocycles. The highest BCUT2D eigenvalue weighted by molar-refractivity contribution is 7.98. The number of cyclic esters (lactones) is 2. The molecule has 0 aliphatic carbocycles. The molecule has 4 amide bonds. The first-order chi connectivity index (χ1) is 24.6. The number of anilines is 2. The molecular formula is C37H39F2N5O5S2. The fourth-order valence-electron chi connectivity index (χ4n) is 5.48. The highest BCUT2D eigenvalue weighted by Crippen LogP contribution is 2.32. The number of nitrogens with one attached hydrogen (secondary N) is 2. The van der Waals surface area contributed by atoms with Crippen molar-refractivity contribution in [2.45, 2.75) is 28.9 Å². The molecule has 0 bridgehead atoms. The van der Waals surface area contributed by atoms with E-state index < -0.39 is 24.1 Å². The molecule has 2 aliphatic rings. The predicted octanol–water partition coefficient (Wildman–Crippen LogP) is 7.36. The van der Waals surface area contributed by atoms with Crippen molar-refractivity contribution in [1.29, 1.82) is 0 Å². The summed E-state index contributed by atoms with van der Waals surface area (Å²) in [4.78, 5) is 40.4. The number of hydrogen-bond donors (Lipinski definition) is 3. The number of amides is 4. The summed E-state index contributed by atoms with van der Waals surface area (Å²) in [6.45, 7) is 3.35. The van der Waals surface area contributed by atoms with Crippen molar-refractivity contribution in [3.63, 3.8) is 0 Å². The van der Waals surface area contributed by atoms with Crippen LogP contribution in [-0.4, -0.2) is 75.7 Å². The van der Waals surface area contributed by atoms with Gasteiger partial charge < -0.3 is 25.8 Å². The Bertz CT molecular complexity index is 1850. The molecular weight excluding hydrogens is 697 g/mol. The molecule has 4 aromatic carbocycles. The first-order valence-corrected chi connectivity index (χ1v) is 18.6. The zero-order valence-electron chi connectivity index (χ0n) is 28.4. The van der Waals surface area contributed by atoms with E-state index in [1.165, 1.54) is 21.9 Å². The third-order valence-electron chi connectivity index (χ3n) is 8.17. The van der Waals surface area contributed by atoms with Crippen molar-refractivity contribution in [1.82, 2.24) is 10.6 Å². The van der Waals surface area contributed by atoms with Gasteiger partial charge in [-0.05, 0) is 91.2 Å². The van der Waals surface area contributed by atoms with Crippen molar-refractivity contribution in [3.05, 3.63) is 96.6 Å². The van der Waals surface area contributed by atoms with Gasteiger partial charge in [0.05, 0.1) is 31.0 Å². The van der Waals surface area contributed by atoms with E-state index in [0.717, 1.165) is 20.9 Å². The third-order valence-corrected chi connectivity index (χ3v) is 9.66. The molecule has 2 fully saturated rings. The normalized spacial score (nSPS) is 16.7. The molecule has 10 nitrogen and oxygen atoms in total. The molecule has 14 heteroatoms. The second kappa shape index (κ2) is 17.4. The summed E-state index contributed by atoms with van der Waals surface area (Å²) in [5.74, 6) is -0.783. The number of hydrogen-bond acceptors (Lipinski definition) is 8. The second-order valence-corrected chi connectivity index (χ2v) is 13.3. The standard InChI is InChI=1S/C20H22FN3O3S.C17H17FN2O2S/c1-3-22-19(25)23-11-15-12-24(20(26)27-15)14-6-9-17(18(21)10-14)13-4-7-16(28-2)8-5-13;1-23-14-5-2-11(3-6-14)15-7-4-12(8-16(15)18)20-10-13(9-19)22-17(20)21/h4-10,15H,3,11-12H2,1-2H3,(H2,22,23,25);2-8,13H,9-10,19H2,1H3/t15-;13-/m00/s1. The van der Waals surface area contributed by atoms with Crippen LogP contribution in [0.4, 0.5) is 34.5 Å². The largest absolute Gasteiger partial charge is 0.443 e. The highest BCUT2D eigenvalue weighted by Gasteiger charge is 2.33. The monoisotopic (exact) mass is 735 g/mol. The first-order valence-electron chi connectivity index (χ1n) is 16.2. The zero-order valence-corrected chi connectivity index (χ0v) is 30.0. The Morgan fingerprint density at radius 1 is 0.745 bits per heavy atom. The van der Waals surface area contributed by atoms with Crippen molar-refractivity contribution < 1.29 is 32.6 Å². The minimum absolute atomic E-state index is 0.191.